The van der Waals surface area contributed by atoms with E-state index in [0.29, 0.717) is 11.0 Å². The van der Waals surface area contributed by atoms with Gasteiger partial charge in [0.15, 0.2) is 5.78 Å². The van der Waals surface area contributed by atoms with Crippen molar-refractivity contribution in [1.82, 2.24) is 9.97 Å². The van der Waals surface area contributed by atoms with Crippen molar-refractivity contribution in [3.8, 4) is 0 Å². The molecule has 0 amide bonds. The number of carbonyl (C=O) groups excluding carboxylic acids is 1. The quantitative estimate of drug-likeness (QED) is 0.530. The summed E-state index contributed by atoms with van der Waals surface area (Å²) in [5, 5.41) is 0.310. The van der Waals surface area contributed by atoms with Crippen molar-refractivity contribution in [3.63, 3.8) is 0 Å². The van der Waals surface area contributed by atoms with Crippen LogP contribution in [-0.4, -0.2) is 21.1 Å². The van der Waals surface area contributed by atoms with Gasteiger partial charge in [0.1, 0.15) is 12.0 Å². The minimum Gasteiger partial charge on any atom is -0.291 e. The third kappa shape index (κ3) is 1.60. The van der Waals surface area contributed by atoms with Crippen LogP contribution in [0.5, 0.6) is 0 Å². The Morgan fingerprint density at radius 3 is 3.00 bits per heavy atom. The molecule has 4 heteroatoms. The highest BCUT2D eigenvalue weighted by molar-refractivity contribution is 9.09. The number of halogens is 1. The van der Waals surface area contributed by atoms with Gasteiger partial charge in [-0.15, -0.1) is 0 Å². The van der Waals surface area contributed by atoms with Gasteiger partial charge >= 0.3 is 0 Å². The average Bonchev–Trinajstić information content (AvgIpc) is 2.05. The first-order valence-corrected chi connectivity index (χ1v) is 3.82. The number of hydrogen-bond donors (Lipinski definition) is 0. The maximum absolute atomic E-state index is 10.9. The number of rotatable bonds is 2. The molecule has 0 aliphatic heterocycles. The highest BCUT2D eigenvalue weighted by atomic mass is 79.9. The number of hydrogen-bond acceptors (Lipinski definition) is 3. The Bertz CT molecular complexity index is 224. The molecule has 0 aliphatic carbocycles. The Kier molecular flexibility index (Phi) is 2.50. The van der Waals surface area contributed by atoms with Gasteiger partial charge in [-0.25, -0.2) is 9.97 Å². The summed E-state index contributed by atoms with van der Waals surface area (Å²) in [5.41, 5.74) is 0.451. The van der Waals surface area contributed by atoms with Crippen molar-refractivity contribution >= 4 is 21.7 Å². The topological polar surface area (TPSA) is 42.9 Å². The minimum atomic E-state index is -0.0256. The predicted molar refractivity (Wildman–Crippen MR) is 40.2 cm³/mol. The van der Waals surface area contributed by atoms with Crippen LogP contribution >= 0.6 is 15.9 Å². The zero-order chi connectivity index (χ0) is 7.40. The summed E-state index contributed by atoms with van der Waals surface area (Å²) in [6.45, 7) is 0. The highest BCUT2D eigenvalue weighted by Gasteiger charge is 2.02. The number of nitrogens with zero attached hydrogens (tertiary/aromatic N) is 2. The first-order chi connectivity index (χ1) is 4.84. The Morgan fingerprint density at radius 2 is 2.50 bits per heavy atom. The molecule has 1 heterocycles. The molecule has 0 aliphatic rings. The zero-order valence-electron chi connectivity index (χ0n) is 5.12. The van der Waals surface area contributed by atoms with E-state index in [9.17, 15) is 4.79 Å². The van der Waals surface area contributed by atoms with E-state index in [2.05, 4.69) is 25.9 Å². The summed E-state index contributed by atoms with van der Waals surface area (Å²) in [4.78, 5) is 18.3. The van der Waals surface area contributed by atoms with Gasteiger partial charge in [-0.05, 0) is 6.07 Å². The largest absolute Gasteiger partial charge is 0.291 e. The van der Waals surface area contributed by atoms with Crippen LogP contribution in [0.1, 0.15) is 10.5 Å². The van der Waals surface area contributed by atoms with E-state index in [-0.39, 0.29) is 5.78 Å². The van der Waals surface area contributed by atoms with Gasteiger partial charge in [-0.2, -0.15) is 0 Å². The summed E-state index contributed by atoms with van der Waals surface area (Å²) in [5.74, 6) is -0.0256. The Labute approximate surface area is 66.6 Å². The Balaban J connectivity index is 2.85. The van der Waals surface area contributed by atoms with Crippen LogP contribution in [0.3, 0.4) is 0 Å². The molecular formula is C6H5BrN2O. The van der Waals surface area contributed by atoms with Crippen molar-refractivity contribution in [2.24, 2.45) is 0 Å². The molecule has 1 rings (SSSR count). The number of carbonyl (C=O) groups is 1. The summed E-state index contributed by atoms with van der Waals surface area (Å²) in [6, 6.07) is 1.59. The molecule has 0 unspecified atom stereocenters. The number of alkyl halides is 1. The van der Waals surface area contributed by atoms with Crippen LogP contribution in [0.2, 0.25) is 0 Å². The molecule has 0 saturated carbocycles. The van der Waals surface area contributed by atoms with E-state index in [1.807, 2.05) is 0 Å². The molecule has 0 bridgehead atoms. The molecule has 0 radical (unpaired) electrons. The lowest BCUT2D eigenvalue weighted by Crippen LogP contribution is -2.02. The molecule has 1 aromatic rings. The third-order valence-corrected chi connectivity index (χ3v) is 1.50. The van der Waals surface area contributed by atoms with Crippen LogP contribution in [-0.2, 0) is 0 Å². The lowest BCUT2D eigenvalue weighted by Gasteiger charge is -1.91. The second-order valence-electron chi connectivity index (χ2n) is 1.65. The lowest BCUT2D eigenvalue weighted by molar-refractivity contribution is 0.101. The molecule has 52 valence electrons. The second kappa shape index (κ2) is 3.41. The molecular weight excluding hydrogens is 196 g/mol. The zero-order valence-corrected chi connectivity index (χ0v) is 6.71. The smallest absolute Gasteiger partial charge is 0.191 e. The fourth-order valence-corrected chi connectivity index (χ4v) is 0.811. The highest BCUT2D eigenvalue weighted by Crippen LogP contribution is 1.95. The van der Waals surface area contributed by atoms with Crippen molar-refractivity contribution < 1.29 is 4.79 Å². The number of aromatic nitrogens is 2. The van der Waals surface area contributed by atoms with Crippen LogP contribution in [0.4, 0.5) is 0 Å². The lowest BCUT2D eigenvalue weighted by atomic mass is 10.3. The van der Waals surface area contributed by atoms with E-state index in [4.69, 9.17) is 0 Å². The van der Waals surface area contributed by atoms with E-state index in [1.165, 1.54) is 6.33 Å². The summed E-state index contributed by atoms with van der Waals surface area (Å²) >= 11 is 3.04. The van der Waals surface area contributed by atoms with Crippen LogP contribution in [0.15, 0.2) is 18.6 Å². The van der Waals surface area contributed by atoms with Gasteiger partial charge in [-0.3, -0.25) is 4.79 Å². The molecule has 0 fully saturated rings. The molecule has 0 aromatic carbocycles. The molecule has 10 heavy (non-hydrogen) atoms. The minimum absolute atomic E-state index is 0.0256. The van der Waals surface area contributed by atoms with Crippen molar-refractivity contribution in [3.05, 3.63) is 24.3 Å². The predicted octanol–water partition coefficient (Wildman–Crippen LogP) is 1.05. The summed E-state index contributed by atoms with van der Waals surface area (Å²) in [7, 11) is 0. The monoisotopic (exact) mass is 200 g/mol. The number of ketones is 1. The van der Waals surface area contributed by atoms with Gasteiger partial charge in [0.2, 0.25) is 0 Å². The van der Waals surface area contributed by atoms with Gasteiger partial charge in [-0.1, -0.05) is 15.9 Å². The normalized spacial score (nSPS) is 9.30. The van der Waals surface area contributed by atoms with Gasteiger partial charge < -0.3 is 0 Å². The van der Waals surface area contributed by atoms with Crippen molar-refractivity contribution in [1.29, 1.82) is 0 Å². The SMILES string of the molecule is O=C(CBr)c1ccncn1. The fourth-order valence-electron chi connectivity index (χ4n) is 0.524. The second-order valence-corrected chi connectivity index (χ2v) is 2.21. The molecule has 0 spiro atoms. The average molecular weight is 201 g/mol. The van der Waals surface area contributed by atoms with Crippen molar-refractivity contribution in [2.75, 3.05) is 5.33 Å². The maximum atomic E-state index is 10.9. The standard InChI is InChI=1S/C6H5BrN2O/c7-3-6(10)5-1-2-8-4-9-5/h1-2,4H,3H2. The Morgan fingerprint density at radius 1 is 1.70 bits per heavy atom. The molecule has 0 saturated heterocycles. The van der Waals surface area contributed by atoms with Gasteiger partial charge in [0, 0.05) is 6.20 Å². The third-order valence-electron chi connectivity index (χ3n) is 0.989. The van der Waals surface area contributed by atoms with E-state index in [1.54, 1.807) is 12.3 Å². The summed E-state index contributed by atoms with van der Waals surface area (Å²) < 4.78 is 0. The molecule has 0 N–H and O–H groups in total. The molecule has 3 nitrogen and oxygen atoms in total. The van der Waals surface area contributed by atoms with Crippen molar-refractivity contribution in [2.45, 2.75) is 0 Å². The van der Waals surface area contributed by atoms with Crippen LogP contribution in [0.25, 0.3) is 0 Å². The maximum Gasteiger partial charge on any atom is 0.191 e. The molecule has 0 atom stereocenters. The Hall–Kier alpha value is -0.770. The first-order valence-electron chi connectivity index (χ1n) is 2.70. The van der Waals surface area contributed by atoms with Gasteiger partial charge in [0.05, 0.1) is 5.33 Å². The first kappa shape index (κ1) is 7.34. The fraction of sp³-hybridized carbons (Fsp3) is 0.167. The van der Waals surface area contributed by atoms with E-state index < -0.39 is 0 Å². The van der Waals surface area contributed by atoms with Crippen LogP contribution < -0.4 is 0 Å². The van der Waals surface area contributed by atoms with E-state index in [0.717, 1.165) is 0 Å². The summed E-state index contributed by atoms with van der Waals surface area (Å²) in [6.07, 6.45) is 2.90. The van der Waals surface area contributed by atoms with Crippen LogP contribution in [0, 0.1) is 0 Å². The number of Topliss-reactive ketones (excluding diaryl/α,β-unsaturated/α-hetero) is 1. The van der Waals surface area contributed by atoms with E-state index >= 15 is 0 Å². The van der Waals surface area contributed by atoms with Gasteiger partial charge in [0.25, 0.3) is 0 Å². The molecule has 1 aromatic heterocycles.